The number of fused-ring (bicyclic) bond motifs is 1. The van der Waals surface area contributed by atoms with E-state index in [4.69, 9.17) is 9.72 Å². The standard InChI is InChI=1S/C18H29N5O3/c1-18(2,3)26-17(25)19-12-5-9-23(10-6-12)16-20-14-7-8-22(4)11-13(14)15(24)21-16/h12H,5-11H2,1-4H3,(H,19,25)(H,20,21,24). The van der Waals surface area contributed by atoms with Crippen LogP contribution >= 0.6 is 0 Å². The van der Waals surface area contributed by atoms with Crippen molar-refractivity contribution in [2.75, 3.05) is 31.6 Å². The number of aromatic amines is 1. The average Bonchev–Trinajstić information content (AvgIpc) is 2.54. The molecule has 0 radical (unpaired) electrons. The van der Waals surface area contributed by atoms with E-state index < -0.39 is 5.60 Å². The minimum absolute atomic E-state index is 0.0365. The van der Waals surface area contributed by atoms with Crippen LogP contribution in [0.1, 0.15) is 44.9 Å². The number of nitrogens with one attached hydrogen (secondary N) is 2. The Hall–Kier alpha value is -2.09. The topological polar surface area (TPSA) is 90.6 Å². The maximum atomic E-state index is 12.4. The second kappa shape index (κ2) is 7.26. The van der Waals surface area contributed by atoms with Gasteiger partial charge in [-0.05, 0) is 40.7 Å². The lowest BCUT2D eigenvalue weighted by Gasteiger charge is -2.33. The van der Waals surface area contributed by atoms with E-state index in [0.29, 0.717) is 12.5 Å². The molecular formula is C18H29N5O3. The summed E-state index contributed by atoms with van der Waals surface area (Å²) in [6.45, 7) is 8.61. The Labute approximate surface area is 153 Å². The fourth-order valence-corrected chi connectivity index (χ4v) is 3.41. The number of ether oxygens (including phenoxy) is 1. The number of nitrogens with zero attached hydrogens (tertiary/aromatic N) is 3. The fourth-order valence-electron chi connectivity index (χ4n) is 3.41. The quantitative estimate of drug-likeness (QED) is 0.822. The number of carbonyl (C=O) groups excluding carboxylic acids is 1. The van der Waals surface area contributed by atoms with Gasteiger partial charge in [0, 0.05) is 38.6 Å². The van der Waals surface area contributed by atoms with Crippen LogP contribution in [0.4, 0.5) is 10.7 Å². The van der Waals surface area contributed by atoms with Crippen LogP contribution in [-0.4, -0.2) is 59.3 Å². The number of anilines is 1. The number of hydrogen-bond acceptors (Lipinski definition) is 6. The largest absolute Gasteiger partial charge is 0.444 e. The highest BCUT2D eigenvalue weighted by Crippen LogP contribution is 2.19. The molecule has 0 saturated carbocycles. The highest BCUT2D eigenvalue weighted by Gasteiger charge is 2.26. The summed E-state index contributed by atoms with van der Waals surface area (Å²) in [7, 11) is 2.01. The van der Waals surface area contributed by atoms with Crippen molar-refractivity contribution < 1.29 is 9.53 Å². The van der Waals surface area contributed by atoms with Crippen molar-refractivity contribution in [1.29, 1.82) is 0 Å². The number of amides is 1. The molecule has 8 heteroatoms. The molecule has 26 heavy (non-hydrogen) atoms. The monoisotopic (exact) mass is 363 g/mol. The normalized spacial score (nSPS) is 19.2. The summed E-state index contributed by atoms with van der Waals surface area (Å²) in [5, 5.41) is 2.93. The van der Waals surface area contributed by atoms with E-state index in [2.05, 4.69) is 20.1 Å². The van der Waals surface area contributed by atoms with Crippen LogP contribution in [0.5, 0.6) is 0 Å². The zero-order valence-electron chi connectivity index (χ0n) is 16.1. The summed E-state index contributed by atoms with van der Waals surface area (Å²) in [6.07, 6.45) is 2.02. The molecule has 3 heterocycles. The van der Waals surface area contributed by atoms with Gasteiger partial charge in [0.05, 0.1) is 11.3 Å². The molecule has 2 N–H and O–H groups in total. The Morgan fingerprint density at radius 2 is 1.96 bits per heavy atom. The number of likely N-dealkylation sites (N-methyl/N-ethyl adjacent to an activating group) is 1. The van der Waals surface area contributed by atoms with Crippen molar-refractivity contribution in [1.82, 2.24) is 20.2 Å². The number of piperidine rings is 1. The third-order valence-electron chi connectivity index (χ3n) is 4.76. The van der Waals surface area contributed by atoms with Crippen LogP contribution in [0.15, 0.2) is 4.79 Å². The van der Waals surface area contributed by atoms with Gasteiger partial charge in [-0.2, -0.15) is 0 Å². The van der Waals surface area contributed by atoms with Gasteiger partial charge in [-0.3, -0.25) is 9.78 Å². The van der Waals surface area contributed by atoms with Crippen molar-refractivity contribution in [2.24, 2.45) is 0 Å². The molecule has 1 saturated heterocycles. The molecule has 1 amide bonds. The van der Waals surface area contributed by atoms with Gasteiger partial charge in [-0.1, -0.05) is 0 Å². The third-order valence-corrected chi connectivity index (χ3v) is 4.76. The molecule has 2 aliphatic heterocycles. The molecule has 1 aromatic heterocycles. The van der Waals surface area contributed by atoms with Gasteiger partial charge >= 0.3 is 6.09 Å². The first kappa shape index (κ1) is 18.7. The van der Waals surface area contributed by atoms with Crippen LogP contribution in [0.25, 0.3) is 0 Å². The van der Waals surface area contributed by atoms with Crippen LogP contribution in [0.3, 0.4) is 0 Å². The second-order valence-electron chi connectivity index (χ2n) is 8.21. The summed E-state index contributed by atoms with van der Waals surface area (Å²) < 4.78 is 5.31. The molecule has 8 nitrogen and oxygen atoms in total. The first-order valence-corrected chi connectivity index (χ1v) is 9.26. The Morgan fingerprint density at radius 1 is 1.27 bits per heavy atom. The van der Waals surface area contributed by atoms with Gasteiger partial charge in [0.2, 0.25) is 5.95 Å². The predicted molar refractivity (Wildman–Crippen MR) is 99.5 cm³/mol. The Balaban J connectivity index is 1.59. The van der Waals surface area contributed by atoms with Crippen LogP contribution in [-0.2, 0) is 17.7 Å². The Bertz CT molecular complexity index is 717. The Morgan fingerprint density at radius 3 is 2.62 bits per heavy atom. The summed E-state index contributed by atoms with van der Waals surface area (Å²) >= 11 is 0. The van der Waals surface area contributed by atoms with Gasteiger partial charge in [0.15, 0.2) is 0 Å². The van der Waals surface area contributed by atoms with Gasteiger partial charge in [0.1, 0.15) is 5.60 Å². The van der Waals surface area contributed by atoms with Crippen LogP contribution in [0, 0.1) is 0 Å². The van der Waals surface area contributed by atoms with E-state index in [1.54, 1.807) is 0 Å². The number of aromatic nitrogens is 2. The number of carbonyl (C=O) groups is 1. The van der Waals surface area contributed by atoms with E-state index in [-0.39, 0.29) is 17.7 Å². The van der Waals surface area contributed by atoms with Crippen molar-refractivity contribution in [2.45, 2.75) is 58.2 Å². The zero-order valence-corrected chi connectivity index (χ0v) is 16.1. The van der Waals surface area contributed by atoms with Gasteiger partial charge in [-0.15, -0.1) is 0 Å². The molecular weight excluding hydrogens is 334 g/mol. The maximum Gasteiger partial charge on any atom is 0.407 e. The van der Waals surface area contributed by atoms with Crippen molar-refractivity contribution in [3.8, 4) is 0 Å². The van der Waals surface area contributed by atoms with E-state index in [0.717, 1.165) is 50.2 Å². The molecule has 0 unspecified atom stereocenters. The summed E-state index contributed by atoms with van der Waals surface area (Å²) in [5.41, 5.74) is 1.16. The maximum absolute atomic E-state index is 12.4. The number of hydrogen-bond donors (Lipinski definition) is 2. The molecule has 1 fully saturated rings. The summed E-state index contributed by atoms with van der Waals surface area (Å²) in [4.78, 5) is 36.1. The molecule has 0 aliphatic carbocycles. The number of rotatable bonds is 2. The molecule has 144 valence electrons. The van der Waals surface area contributed by atoms with Gasteiger partial charge in [0.25, 0.3) is 5.56 Å². The van der Waals surface area contributed by atoms with Crippen LogP contribution in [0.2, 0.25) is 0 Å². The molecule has 3 rings (SSSR count). The zero-order chi connectivity index (χ0) is 18.9. The minimum Gasteiger partial charge on any atom is -0.444 e. The number of H-pyrrole nitrogens is 1. The minimum atomic E-state index is -0.495. The van der Waals surface area contributed by atoms with Crippen molar-refractivity contribution >= 4 is 12.0 Å². The molecule has 0 atom stereocenters. The van der Waals surface area contributed by atoms with Crippen molar-refractivity contribution in [3.05, 3.63) is 21.6 Å². The molecule has 0 spiro atoms. The molecule has 0 aromatic carbocycles. The highest BCUT2D eigenvalue weighted by atomic mass is 16.6. The van der Waals surface area contributed by atoms with E-state index in [1.165, 1.54) is 0 Å². The van der Waals surface area contributed by atoms with Crippen molar-refractivity contribution in [3.63, 3.8) is 0 Å². The first-order valence-electron chi connectivity index (χ1n) is 9.26. The summed E-state index contributed by atoms with van der Waals surface area (Å²) in [6, 6.07) is 0.0825. The van der Waals surface area contributed by atoms with E-state index in [1.807, 2.05) is 27.8 Å². The van der Waals surface area contributed by atoms with Gasteiger partial charge < -0.3 is 19.9 Å². The lowest BCUT2D eigenvalue weighted by Crippen LogP contribution is -2.47. The Kier molecular flexibility index (Phi) is 5.22. The number of alkyl carbamates (subject to hydrolysis) is 1. The molecule has 1 aromatic rings. The lowest BCUT2D eigenvalue weighted by atomic mass is 10.1. The smallest absolute Gasteiger partial charge is 0.407 e. The van der Waals surface area contributed by atoms with E-state index >= 15 is 0 Å². The fraction of sp³-hybridized carbons (Fsp3) is 0.722. The van der Waals surface area contributed by atoms with Gasteiger partial charge in [-0.25, -0.2) is 9.78 Å². The second-order valence-corrected chi connectivity index (χ2v) is 8.21. The summed E-state index contributed by atoms with van der Waals surface area (Å²) in [5.74, 6) is 0.647. The average molecular weight is 363 g/mol. The lowest BCUT2D eigenvalue weighted by molar-refractivity contribution is 0.0497. The molecule has 0 bridgehead atoms. The molecule has 2 aliphatic rings. The third kappa shape index (κ3) is 4.55. The van der Waals surface area contributed by atoms with Crippen LogP contribution < -0.4 is 15.8 Å². The first-order chi connectivity index (χ1) is 12.2. The van der Waals surface area contributed by atoms with E-state index in [9.17, 15) is 9.59 Å². The predicted octanol–water partition coefficient (Wildman–Crippen LogP) is 1.25. The highest BCUT2D eigenvalue weighted by molar-refractivity contribution is 5.68. The SMILES string of the molecule is CN1CCc2nc(N3CCC(NC(=O)OC(C)(C)C)CC3)[nH]c(=O)c2C1.